The van der Waals surface area contributed by atoms with Crippen LogP contribution in [0.2, 0.25) is 0 Å². The van der Waals surface area contributed by atoms with E-state index in [0.717, 1.165) is 17.0 Å². The summed E-state index contributed by atoms with van der Waals surface area (Å²) in [6.07, 6.45) is 2.10. The summed E-state index contributed by atoms with van der Waals surface area (Å²) in [5.41, 5.74) is 4.57. The van der Waals surface area contributed by atoms with Crippen molar-refractivity contribution < 1.29 is 4.74 Å². The number of anilines is 1. The quantitative estimate of drug-likeness (QED) is 0.384. The van der Waals surface area contributed by atoms with Gasteiger partial charge in [-0.1, -0.05) is 48.5 Å². The Bertz CT molecular complexity index is 1090. The van der Waals surface area contributed by atoms with Crippen LogP contribution in [-0.4, -0.2) is 23.8 Å². The van der Waals surface area contributed by atoms with E-state index in [-0.39, 0.29) is 5.92 Å². The Balaban J connectivity index is 1.52. The van der Waals surface area contributed by atoms with Crippen molar-refractivity contribution in [3.8, 4) is 5.75 Å². The largest absolute Gasteiger partial charge is 0.497 e. The minimum atomic E-state index is 0.169. The van der Waals surface area contributed by atoms with Crippen molar-refractivity contribution >= 4 is 33.9 Å². The third-order valence-electron chi connectivity index (χ3n) is 5.01. The number of thiocarbonyl (C=S) groups is 1. The first-order valence-electron chi connectivity index (χ1n) is 9.54. The Kier molecular flexibility index (Phi) is 5.77. The number of fused-ring (bicyclic) bond motifs is 1. The molecule has 4 aromatic rings. The van der Waals surface area contributed by atoms with Crippen LogP contribution < -0.4 is 15.4 Å². The molecule has 0 aliphatic carbocycles. The maximum Gasteiger partial charge on any atom is 0.170 e. The van der Waals surface area contributed by atoms with Crippen LogP contribution in [-0.2, 0) is 0 Å². The molecule has 1 atom stereocenters. The third kappa shape index (κ3) is 4.41. The molecule has 0 aliphatic heterocycles. The summed E-state index contributed by atoms with van der Waals surface area (Å²) in [6, 6.07) is 26.6. The normalized spacial score (nSPS) is 11.8. The second kappa shape index (κ2) is 8.80. The summed E-state index contributed by atoms with van der Waals surface area (Å²) in [7, 11) is 1.66. The average molecular weight is 402 g/mol. The molecule has 3 N–H and O–H groups in total. The van der Waals surface area contributed by atoms with Crippen LogP contribution in [0.15, 0.2) is 85.1 Å². The molecule has 0 radical (unpaired) electrons. The minimum Gasteiger partial charge on any atom is -0.497 e. The summed E-state index contributed by atoms with van der Waals surface area (Å²) in [5.74, 6) is 0.987. The van der Waals surface area contributed by atoms with Crippen molar-refractivity contribution in [1.29, 1.82) is 0 Å². The molecular weight excluding hydrogens is 378 g/mol. The van der Waals surface area contributed by atoms with Crippen molar-refractivity contribution in [2.24, 2.45) is 0 Å². The average Bonchev–Trinajstić information content (AvgIpc) is 3.19. The molecule has 1 unspecified atom stereocenters. The molecule has 4 rings (SSSR count). The first-order valence-corrected chi connectivity index (χ1v) is 9.95. The van der Waals surface area contributed by atoms with Gasteiger partial charge in [0.2, 0.25) is 0 Å². The maximum atomic E-state index is 5.53. The highest BCUT2D eigenvalue weighted by atomic mass is 32.1. The number of rotatable bonds is 6. The molecule has 0 spiro atoms. The second-order valence-electron chi connectivity index (χ2n) is 6.82. The molecule has 0 saturated carbocycles. The summed E-state index contributed by atoms with van der Waals surface area (Å²) in [5, 5.41) is 8.45. The molecule has 4 nitrogen and oxygen atoms in total. The van der Waals surface area contributed by atoms with E-state index in [2.05, 4.69) is 64.3 Å². The summed E-state index contributed by atoms with van der Waals surface area (Å²) < 4.78 is 5.20. The predicted molar refractivity (Wildman–Crippen MR) is 124 cm³/mol. The Labute approximate surface area is 175 Å². The lowest BCUT2D eigenvalue weighted by Crippen LogP contribution is -2.32. The number of ether oxygens (including phenoxy) is 1. The lowest BCUT2D eigenvalue weighted by Gasteiger charge is -2.20. The zero-order valence-electron chi connectivity index (χ0n) is 16.2. The lowest BCUT2D eigenvalue weighted by atomic mass is 9.91. The van der Waals surface area contributed by atoms with Gasteiger partial charge in [0.25, 0.3) is 0 Å². The standard InChI is InChI=1S/C24H23N3OS/c1-28-19-13-11-18(12-14-19)27-24(29)26-15-21(17-7-3-2-4-8-17)22-16-25-23-10-6-5-9-20(22)23/h2-14,16,21,25H,15H2,1H3,(H2,26,27,29). The fourth-order valence-corrected chi connectivity index (χ4v) is 3.72. The Hall–Kier alpha value is -3.31. The molecule has 29 heavy (non-hydrogen) atoms. The maximum absolute atomic E-state index is 5.53. The van der Waals surface area contributed by atoms with E-state index in [1.165, 1.54) is 16.5 Å². The molecule has 0 saturated heterocycles. The van der Waals surface area contributed by atoms with E-state index in [9.17, 15) is 0 Å². The monoisotopic (exact) mass is 401 g/mol. The van der Waals surface area contributed by atoms with Gasteiger partial charge in [0.1, 0.15) is 5.75 Å². The molecule has 0 bridgehead atoms. The van der Waals surface area contributed by atoms with E-state index < -0.39 is 0 Å². The smallest absolute Gasteiger partial charge is 0.170 e. The number of aromatic nitrogens is 1. The van der Waals surface area contributed by atoms with Gasteiger partial charge in [0, 0.05) is 35.2 Å². The highest BCUT2D eigenvalue weighted by Crippen LogP contribution is 2.30. The molecular formula is C24H23N3OS. The number of benzene rings is 3. The van der Waals surface area contributed by atoms with Crippen LogP contribution in [0.4, 0.5) is 5.69 Å². The number of H-pyrrole nitrogens is 1. The zero-order chi connectivity index (χ0) is 20.1. The Morgan fingerprint density at radius 2 is 1.69 bits per heavy atom. The summed E-state index contributed by atoms with van der Waals surface area (Å²) in [4.78, 5) is 3.39. The van der Waals surface area contributed by atoms with Crippen LogP contribution in [0, 0.1) is 0 Å². The van der Waals surface area contributed by atoms with Crippen LogP contribution in [0.3, 0.4) is 0 Å². The molecule has 5 heteroatoms. The van der Waals surface area contributed by atoms with Gasteiger partial charge in [0.05, 0.1) is 7.11 Å². The summed E-state index contributed by atoms with van der Waals surface area (Å²) in [6.45, 7) is 0.688. The van der Waals surface area contributed by atoms with E-state index >= 15 is 0 Å². The first kappa shape index (κ1) is 19.0. The van der Waals surface area contributed by atoms with Gasteiger partial charge in [0.15, 0.2) is 5.11 Å². The van der Waals surface area contributed by atoms with Crippen molar-refractivity contribution in [3.05, 3.63) is 96.2 Å². The highest BCUT2D eigenvalue weighted by molar-refractivity contribution is 7.80. The van der Waals surface area contributed by atoms with Crippen molar-refractivity contribution in [3.63, 3.8) is 0 Å². The second-order valence-corrected chi connectivity index (χ2v) is 7.22. The molecule has 0 amide bonds. The van der Waals surface area contributed by atoms with E-state index in [1.54, 1.807) is 7.11 Å². The fraction of sp³-hybridized carbons (Fsp3) is 0.125. The van der Waals surface area contributed by atoms with E-state index in [0.29, 0.717) is 11.7 Å². The van der Waals surface area contributed by atoms with Gasteiger partial charge in [-0.05, 0) is 53.7 Å². The van der Waals surface area contributed by atoms with Crippen molar-refractivity contribution in [1.82, 2.24) is 10.3 Å². The topological polar surface area (TPSA) is 49.1 Å². The number of para-hydroxylation sites is 1. The predicted octanol–water partition coefficient (Wildman–Crippen LogP) is 5.30. The van der Waals surface area contributed by atoms with E-state index in [4.69, 9.17) is 17.0 Å². The van der Waals surface area contributed by atoms with Gasteiger partial charge in [-0.2, -0.15) is 0 Å². The highest BCUT2D eigenvalue weighted by Gasteiger charge is 2.18. The molecule has 1 aromatic heterocycles. The van der Waals surface area contributed by atoms with Gasteiger partial charge < -0.3 is 20.4 Å². The van der Waals surface area contributed by atoms with Crippen LogP contribution in [0.25, 0.3) is 10.9 Å². The number of aromatic amines is 1. The molecule has 1 heterocycles. The van der Waals surface area contributed by atoms with E-state index in [1.807, 2.05) is 36.4 Å². The molecule has 146 valence electrons. The SMILES string of the molecule is COc1ccc(NC(=S)NCC(c2ccccc2)c2c[nH]c3ccccc23)cc1. The van der Waals surface area contributed by atoms with Gasteiger partial charge >= 0.3 is 0 Å². The number of methoxy groups -OCH3 is 1. The number of nitrogens with one attached hydrogen (secondary N) is 3. The molecule has 0 aliphatic rings. The number of hydrogen-bond acceptors (Lipinski definition) is 2. The van der Waals surface area contributed by atoms with Crippen molar-refractivity contribution in [2.75, 3.05) is 19.0 Å². The van der Waals surface area contributed by atoms with Crippen LogP contribution in [0.5, 0.6) is 5.75 Å². The zero-order valence-corrected chi connectivity index (χ0v) is 17.0. The lowest BCUT2D eigenvalue weighted by molar-refractivity contribution is 0.415. The van der Waals surface area contributed by atoms with Crippen LogP contribution in [0.1, 0.15) is 17.0 Å². The number of hydrogen-bond donors (Lipinski definition) is 3. The minimum absolute atomic E-state index is 0.169. The first-order chi connectivity index (χ1) is 14.2. The molecule has 0 fully saturated rings. The van der Waals surface area contributed by atoms with Gasteiger partial charge in [-0.3, -0.25) is 0 Å². The van der Waals surface area contributed by atoms with Gasteiger partial charge in [-0.25, -0.2) is 0 Å². The van der Waals surface area contributed by atoms with Gasteiger partial charge in [-0.15, -0.1) is 0 Å². The Morgan fingerprint density at radius 1 is 0.966 bits per heavy atom. The fourth-order valence-electron chi connectivity index (χ4n) is 3.52. The van der Waals surface area contributed by atoms with Crippen molar-refractivity contribution in [2.45, 2.75) is 5.92 Å². The third-order valence-corrected chi connectivity index (χ3v) is 5.26. The molecule has 3 aromatic carbocycles. The summed E-state index contributed by atoms with van der Waals surface area (Å²) >= 11 is 5.53. The Morgan fingerprint density at radius 3 is 2.45 bits per heavy atom. The van der Waals surface area contributed by atoms with Crippen LogP contribution >= 0.6 is 12.2 Å².